The third-order valence-corrected chi connectivity index (χ3v) is 8.25. The Morgan fingerprint density at radius 3 is 2.59 bits per heavy atom. The molecule has 1 aromatic carbocycles. The van der Waals surface area contributed by atoms with Crippen LogP contribution >= 0.6 is 0 Å². The minimum absolute atomic E-state index is 0.173. The number of hydrogen-bond acceptors (Lipinski definition) is 6. The number of aromatic nitrogens is 3. The molecule has 2 fully saturated rings. The van der Waals surface area contributed by atoms with E-state index in [1.54, 1.807) is 0 Å². The van der Waals surface area contributed by atoms with Gasteiger partial charge in [0.25, 0.3) is 0 Å². The number of hydrogen-bond donors (Lipinski definition) is 3. The fourth-order valence-corrected chi connectivity index (χ4v) is 6.04. The molecule has 3 N–H and O–H groups in total. The fourth-order valence-electron chi connectivity index (χ4n) is 6.04. The topological polar surface area (TPSA) is 78.2 Å². The maximum absolute atomic E-state index is 10.1. The molecule has 0 spiro atoms. The Morgan fingerprint density at radius 2 is 1.84 bits per heavy atom. The van der Waals surface area contributed by atoms with Crippen molar-refractivity contribution in [2.45, 2.75) is 95.9 Å². The molecule has 1 aliphatic heterocycles. The summed E-state index contributed by atoms with van der Waals surface area (Å²) in [4.78, 5) is 12.1. The van der Waals surface area contributed by atoms with Gasteiger partial charge in [0.2, 0.25) is 5.95 Å². The minimum atomic E-state index is -0.173. The Labute approximate surface area is 221 Å². The largest absolute Gasteiger partial charge is 0.393 e. The molecule has 1 saturated heterocycles. The summed E-state index contributed by atoms with van der Waals surface area (Å²) in [6.07, 6.45) is 13.6. The molecule has 2 aliphatic rings. The first-order chi connectivity index (χ1) is 18.0. The second-order valence-electron chi connectivity index (χ2n) is 11.3. The van der Waals surface area contributed by atoms with Gasteiger partial charge in [0.15, 0.2) is 0 Å². The van der Waals surface area contributed by atoms with Gasteiger partial charge in [-0.25, -0.2) is 4.98 Å². The van der Waals surface area contributed by atoms with E-state index < -0.39 is 0 Å². The van der Waals surface area contributed by atoms with Crippen LogP contribution in [0.2, 0.25) is 0 Å². The van der Waals surface area contributed by atoms with Crippen LogP contribution in [0.5, 0.6) is 0 Å². The minimum Gasteiger partial charge on any atom is -0.393 e. The molecular formula is C30H44N6O. The van der Waals surface area contributed by atoms with Crippen LogP contribution in [0.25, 0.3) is 22.2 Å². The number of aliphatic hydroxyl groups excluding tert-OH is 1. The summed E-state index contributed by atoms with van der Waals surface area (Å²) >= 11 is 0. The summed E-state index contributed by atoms with van der Waals surface area (Å²) in [7, 11) is 2.22. The number of fused-ring (bicyclic) bond motifs is 1. The van der Waals surface area contributed by atoms with Gasteiger partial charge < -0.3 is 25.2 Å². The van der Waals surface area contributed by atoms with Gasteiger partial charge in [-0.05, 0) is 96.1 Å². The summed E-state index contributed by atoms with van der Waals surface area (Å²) in [6.45, 7) is 6.74. The molecule has 0 amide bonds. The molecule has 3 aromatic rings. The van der Waals surface area contributed by atoms with E-state index >= 15 is 0 Å². The van der Waals surface area contributed by atoms with Gasteiger partial charge >= 0.3 is 0 Å². The second-order valence-corrected chi connectivity index (χ2v) is 11.3. The van der Waals surface area contributed by atoms with Gasteiger partial charge in [-0.15, -0.1) is 0 Å². The van der Waals surface area contributed by atoms with Crippen molar-refractivity contribution in [2.75, 3.05) is 30.8 Å². The van der Waals surface area contributed by atoms with E-state index in [1.807, 2.05) is 6.20 Å². The van der Waals surface area contributed by atoms with E-state index in [9.17, 15) is 5.11 Å². The molecular weight excluding hydrogens is 460 g/mol. The zero-order valence-corrected chi connectivity index (χ0v) is 22.8. The van der Waals surface area contributed by atoms with Crippen molar-refractivity contribution in [3.8, 4) is 11.1 Å². The smallest absolute Gasteiger partial charge is 0.224 e. The predicted octanol–water partition coefficient (Wildman–Crippen LogP) is 6.07. The fraction of sp³-hybridized carbons (Fsp3) is 0.600. The molecule has 7 heteroatoms. The molecule has 2 aromatic heterocycles. The predicted molar refractivity (Wildman–Crippen MR) is 153 cm³/mol. The molecule has 37 heavy (non-hydrogen) atoms. The number of nitrogens with one attached hydrogen (secondary N) is 2. The monoisotopic (exact) mass is 504 g/mol. The van der Waals surface area contributed by atoms with Gasteiger partial charge in [0, 0.05) is 47.2 Å². The van der Waals surface area contributed by atoms with E-state index in [2.05, 4.69) is 71.5 Å². The maximum Gasteiger partial charge on any atom is 0.224 e. The average Bonchev–Trinajstić information content (AvgIpc) is 3.14. The Morgan fingerprint density at radius 1 is 1.05 bits per heavy atom. The van der Waals surface area contributed by atoms with E-state index in [-0.39, 0.29) is 6.10 Å². The van der Waals surface area contributed by atoms with Crippen LogP contribution in [0.4, 0.5) is 11.6 Å². The number of likely N-dealkylation sites (tertiary alicyclic amines) is 1. The molecule has 200 valence electrons. The van der Waals surface area contributed by atoms with Crippen LogP contribution < -0.4 is 10.6 Å². The zero-order valence-electron chi connectivity index (χ0n) is 22.8. The van der Waals surface area contributed by atoms with Crippen LogP contribution in [0, 0.1) is 0 Å². The number of nitrogens with zero attached hydrogens (tertiary/aromatic N) is 4. The Kier molecular flexibility index (Phi) is 8.30. The Hall–Kier alpha value is -2.64. The van der Waals surface area contributed by atoms with Crippen LogP contribution in [-0.2, 0) is 0 Å². The molecule has 5 rings (SSSR count). The number of benzene rings is 1. The van der Waals surface area contributed by atoms with E-state index in [0.29, 0.717) is 24.1 Å². The summed E-state index contributed by atoms with van der Waals surface area (Å²) in [5, 5.41) is 18.4. The molecule has 2 atom stereocenters. The molecule has 1 unspecified atom stereocenters. The standard InChI is InChI=1S/C30H44N6O/c1-4-6-21(2)32-30-31-19-27-28(20-36(29(27)34-30)25-12-14-26(37)15-13-25)22-8-10-24(11-9-22)33-23-7-5-17-35(3)18-16-23/h8-11,19-21,23,25-26,33,37H,4-7,12-18H2,1-3H3,(H,31,32,34)/t21-,23?,25?,26?/m0/s1. The van der Waals surface area contributed by atoms with Crippen LogP contribution in [0.3, 0.4) is 0 Å². The number of aliphatic hydroxyl groups is 1. The molecule has 1 aliphatic carbocycles. The summed E-state index contributed by atoms with van der Waals surface area (Å²) in [5.74, 6) is 0.698. The second kappa shape index (κ2) is 11.8. The van der Waals surface area contributed by atoms with Crippen molar-refractivity contribution < 1.29 is 5.11 Å². The average molecular weight is 505 g/mol. The quantitative estimate of drug-likeness (QED) is 0.346. The van der Waals surface area contributed by atoms with Crippen molar-refractivity contribution in [3.63, 3.8) is 0 Å². The maximum atomic E-state index is 10.1. The van der Waals surface area contributed by atoms with Crippen LogP contribution in [-0.4, -0.2) is 62.9 Å². The van der Waals surface area contributed by atoms with Gasteiger partial charge in [0.05, 0.1) is 6.10 Å². The lowest BCUT2D eigenvalue weighted by molar-refractivity contribution is 0.111. The van der Waals surface area contributed by atoms with Gasteiger partial charge in [-0.2, -0.15) is 4.98 Å². The first-order valence-electron chi connectivity index (χ1n) is 14.4. The van der Waals surface area contributed by atoms with Crippen molar-refractivity contribution >= 4 is 22.7 Å². The molecule has 1 saturated carbocycles. The van der Waals surface area contributed by atoms with Crippen molar-refractivity contribution in [3.05, 3.63) is 36.7 Å². The van der Waals surface area contributed by atoms with Gasteiger partial charge in [-0.3, -0.25) is 0 Å². The lowest BCUT2D eigenvalue weighted by atomic mass is 9.93. The van der Waals surface area contributed by atoms with E-state index in [1.165, 1.54) is 42.6 Å². The first kappa shape index (κ1) is 26.0. The van der Waals surface area contributed by atoms with Gasteiger partial charge in [-0.1, -0.05) is 25.5 Å². The van der Waals surface area contributed by atoms with Crippen molar-refractivity contribution in [1.82, 2.24) is 19.4 Å². The van der Waals surface area contributed by atoms with Crippen LogP contribution in [0.1, 0.15) is 77.7 Å². The lowest BCUT2D eigenvalue weighted by Gasteiger charge is -2.27. The SMILES string of the molecule is CCC[C@H](C)Nc1ncc2c(-c3ccc(NC4CCCN(C)CC4)cc3)cn(C3CCC(O)CC3)c2n1. The molecule has 7 nitrogen and oxygen atoms in total. The lowest BCUT2D eigenvalue weighted by Crippen LogP contribution is -2.22. The Balaban J connectivity index is 1.42. The van der Waals surface area contributed by atoms with Gasteiger partial charge in [0.1, 0.15) is 5.65 Å². The Bertz CT molecular complexity index is 1150. The van der Waals surface area contributed by atoms with Crippen molar-refractivity contribution in [2.24, 2.45) is 0 Å². The third-order valence-electron chi connectivity index (χ3n) is 8.25. The highest BCUT2D eigenvalue weighted by Gasteiger charge is 2.24. The zero-order chi connectivity index (χ0) is 25.8. The summed E-state index contributed by atoms with van der Waals surface area (Å²) in [5.41, 5.74) is 4.55. The highest BCUT2D eigenvalue weighted by atomic mass is 16.3. The van der Waals surface area contributed by atoms with Crippen LogP contribution in [0.15, 0.2) is 36.7 Å². The number of rotatable bonds is 8. The van der Waals surface area contributed by atoms with E-state index in [4.69, 9.17) is 9.97 Å². The van der Waals surface area contributed by atoms with E-state index in [0.717, 1.165) is 56.1 Å². The number of anilines is 2. The normalized spacial score (nSPS) is 24.1. The summed E-state index contributed by atoms with van der Waals surface area (Å²) < 4.78 is 2.35. The molecule has 0 radical (unpaired) electrons. The molecule has 0 bridgehead atoms. The highest BCUT2D eigenvalue weighted by molar-refractivity contribution is 5.94. The van der Waals surface area contributed by atoms with Crippen molar-refractivity contribution in [1.29, 1.82) is 0 Å². The third kappa shape index (κ3) is 6.27. The highest BCUT2D eigenvalue weighted by Crippen LogP contribution is 2.37. The summed E-state index contributed by atoms with van der Waals surface area (Å²) in [6, 6.07) is 10.1. The first-order valence-corrected chi connectivity index (χ1v) is 14.4. The molecule has 3 heterocycles.